The Balaban J connectivity index is 3.23. The van der Waals surface area contributed by atoms with Crippen LogP contribution in [0.4, 0.5) is 5.69 Å². The van der Waals surface area contributed by atoms with Crippen LogP contribution in [-0.2, 0) is 14.8 Å². The minimum absolute atomic E-state index is 0.00836. The van der Waals surface area contributed by atoms with Gasteiger partial charge in [0.1, 0.15) is 5.75 Å². The number of sulfonamides is 1. The third kappa shape index (κ3) is 2.93. The molecule has 1 aromatic carbocycles. The summed E-state index contributed by atoms with van der Waals surface area (Å²) in [4.78, 5) is 10.5. The fourth-order valence-electron chi connectivity index (χ4n) is 0.982. The molecule has 1 amide bonds. The summed E-state index contributed by atoms with van der Waals surface area (Å²) in [5.41, 5.74) is 0.00836. The molecule has 0 spiro atoms. The summed E-state index contributed by atoms with van der Waals surface area (Å²) in [6.07, 6.45) is 0. The van der Waals surface area contributed by atoms with E-state index in [1.54, 1.807) is 0 Å². The zero-order valence-electron chi connectivity index (χ0n) is 7.89. The van der Waals surface area contributed by atoms with E-state index in [9.17, 15) is 18.3 Å². The number of hydrogen-bond donors (Lipinski definition) is 3. The molecule has 0 aliphatic carbocycles. The van der Waals surface area contributed by atoms with Crippen molar-refractivity contribution in [1.82, 2.24) is 0 Å². The van der Waals surface area contributed by atoms with Crippen LogP contribution in [0.25, 0.3) is 0 Å². The summed E-state index contributed by atoms with van der Waals surface area (Å²) in [5, 5.41) is 16.5. The van der Waals surface area contributed by atoms with Crippen molar-refractivity contribution in [2.75, 3.05) is 5.32 Å². The highest BCUT2D eigenvalue weighted by Crippen LogP contribution is 2.25. The topological polar surface area (TPSA) is 109 Å². The molecule has 0 aromatic heterocycles. The Kier molecular flexibility index (Phi) is 2.96. The van der Waals surface area contributed by atoms with E-state index in [-0.39, 0.29) is 16.3 Å². The van der Waals surface area contributed by atoms with Crippen LogP contribution in [0.1, 0.15) is 6.92 Å². The van der Waals surface area contributed by atoms with Crippen LogP contribution in [0.5, 0.6) is 5.75 Å². The lowest BCUT2D eigenvalue weighted by Gasteiger charge is -2.06. The number of primary sulfonamides is 1. The highest BCUT2D eigenvalue weighted by atomic mass is 32.2. The molecule has 0 fully saturated rings. The summed E-state index contributed by atoms with van der Waals surface area (Å²) < 4.78 is 21.9. The molecule has 0 aliphatic heterocycles. The zero-order chi connectivity index (χ0) is 11.6. The molecule has 6 nitrogen and oxygen atoms in total. The number of aromatic hydroxyl groups is 1. The maximum absolute atomic E-state index is 11.0. The Morgan fingerprint density at radius 3 is 2.53 bits per heavy atom. The maximum atomic E-state index is 11.0. The lowest BCUT2D eigenvalue weighted by molar-refractivity contribution is -0.114. The molecule has 0 saturated carbocycles. The second-order valence-corrected chi connectivity index (χ2v) is 4.47. The van der Waals surface area contributed by atoms with Gasteiger partial charge >= 0.3 is 0 Å². The Bertz CT molecular complexity index is 495. The number of nitrogens with two attached hydrogens (primary N) is 1. The molecule has 0 bridgehead atoms. The second kappa shape index (κ2) is 3.87. The third-order valence-corrected chi connectivity index (χ3v) is 2.52. The first kappa shape index (κ1) is 11.5. The molecule has 15 heavy (non-hydrogen) atoms. The van der Waals surface area contributed by atoms with Gasteiger partial charge in [-0.25, -0.2) is 13.6 Å². The standard InChI is InChI=1S/C8H10N2O4S/c1-5(11)10-7-4-6(15(9,13)14)2-3-8(7)12/h2-4,12H,1H3,(H,10,11)(H2,9,13,14). The number of anilines is 1. The van der Waals surface area contributed by atoms with Crippen LogP contribution in [0.2, 0.25) is 0 Å². The smallest absolute Gasteiger partial charge is 0.238 e. The van der Waals surface area contributed by atoms with Crippen molar-refractivity contribution in [3.05, 3.63) is 18.2 Å². The van der Waals surface area contributed by atoms with Gasteiger partial charge in [0.15, 0.2) is 0 Å². The van der Waals surface area contributed by atoms with Crippen molar-refractivity contribution in [1.29, 1.82) is 0 Å². The van der Waals surface area contributed by atoms with Crippen molar-refractivity contribution < 1.29 is 18.3 Å². The lowest BCUT2D eigenvalue weighted by Crippen LogP contribution is -2.13. The van der Waals surface area contributed by atoms with Crippen molar-refractivity contribution in [3.63, 3.8) is 0 Å². The van der Waals surface area contributed by atoms with Crippen LogP contribution < -0.4 is 10.5 Å². The molecule has 0 unspecified atom stereocenters. The molecule has 1 aromatic rings. The highest BCUT2D eigenvalue weighted by molar-refractivity contribution is 7.89. The van der Waals surface area contributed by atoms with Gasteiger partial charge in [0.05, 0.1) is 10.6 Å². The van der Waals surface area contributed by atoms with Gasteiger partial charge in [-0.1, -0.05) is 0 Å². The number of carbonyl (C=O) groups is 1. The Hall–Kier alpha value is -1.60. The highest BCUT2D eigenvalue weighted by Gasteiger charge is 2.11. The monoisotopic (exact) mass is 230 g/mol. The number of rotatable bonds is 2. The average molecular weight is 230 g/mol. The number of carbonyl (C=O) groups excluding carboxylic acids is 1. The van der Waals surface area contributed by atoms with Crippen molar-refractivity contribution in [3.8, 4) is 5.75 Å². The van der Waals surface area contributed by atoms with E-state index in [0.29, 0.717) is 0 Å². The van der Waals surface area contributed by atoms with Crippen molar-refractivity contribution in [2.24, 2.45) is 5.14 Å². The number of phenols is 1. The van der Waals surface area contributed by atoms with Crippen molar-refractivity contribution in [2.45, 2.75) is 11.8 Å². The summed E-state index contributed by atoms with van der Waals surface area (Å²) in [6.45, 7) is 1.24. The summed E-state index contributed by atoms with van der Waals surface area (Å²) in [7, 11) is -3.84. The fourth-order valence-corrected chi connectivity index (χ4v) is 1.52. The molecule has 1 rings (SSSR count). The van der Waals surface area contributed by atoms with Gasteiger partial charge in [0.2, 0.25) is 15.9 Å². The van der Waals surface area contributed by atoms with Crippen LogP contribution in [0, 0.1) is 0 Å². The van der Waals surface area contributed by atoms with Gasteiger partial charge in [0, 0.05) is 6.92 Å². The first-order valence-electron chi connectivity index (χ1n) is 3.94. The number of nitrogens with one attached hydrogen (secondary N) is 1. The number of phenolic OH excluding ortho intramolecular Hbond substituents is 1. The molecule has 0 atom stereocenters. The number of amides is 1. The zero-order valence-corrected chi connectivity index (χ0v) is 8.71. The van der Waals surface area contributed by atoms with Gasteiger partial charge in [-0.05, 0) is 18.2 Å². The first-order chi connectivity index (χ1) is 6.80. The van der Waals surface area contributed by atoms with Crippen LogP contribution in [0.15, 0.2) is 23.1 Å². The minimum Gasteiger partial charge on any atom is -0.506 e. The Labute approximate surface area is 86.8 Å². The molecule has 0 heterocycles. The first-order valence-corrected chi connectivity index (χ1v) is 5.49. The van der Waals surface area contributed by atoms with Gasteiger partial charge in [0.25, 0.3) is 0 Å². The lowest BCUT2D eigenvalue weighted by atomic mass is 10.3. The minimum atomic E-state index is -3.84. The van der Waals surface area contributed by atoms with E-state index in [2.05, 4.69) is 5.32 Å². The van der Waals surface area contributed by atoms with E-state index in [4.69, 9.17) is 5.14 Å². The van der Waals surface area contributed by atoms with E-state index in [0.717, 1.165) is 18.2 Å². The molecular weight excluding hydrogens is 220 g/mol. The molecule has 7 heteroatoms. The summed E-state index contributed by atoms with van der Waals surface area (Å²) >= 11 is 0. The largest absolute Gasteiger partial charge is 0.506 e. The SMILES string of the molecule is CC(=O)Nc1cc(S(N)(=O)=O)ccc1O. The van der Waals surface area contributed by atoms with Gasteiger partial charge < -0.3 is 10.4 Å². The fraction of sp³-hybridized carbons (Fsp3) is 0.125. The molecule has 0 radical (unpaired) electrons. The average Bonchev–Trinajstić information content (AvgIpc) is 2.06. The quantitative estimate of drug-likeness (QED) is 0.621. The van der Waals surface area contributed by atoms with E-state index >= 15 is 0 Å². The molecule has 4 N–H and O–H groups in total. The molecule has 0 aliphatic rings. The number of hydrogen-bond acceptors (Lipinski definition) is 4. The Morgan fingerprint density at radius 1 is 1.47 bits per heavy atom. The van der Waals surface area contributed by atoms with E-state index < -0.39 is 15.9 Å². The van der Waals surface area contributed by atoms with E-state index in [1.807, 2.05) is 0 Å². The summed E-state index contributed by atoms with van der Waals surface area (Å²) in [6, 6.07) is 3.38. The van der Waals surface area contributed by atoms with Crippen LogP contribution >= 0.6 is 0 Å². The third-order valence-electron chi connectivity index (χ3n) is 1.61. The van der Waals surface area contributed by atoms with Crippen molar-refractivity contribution >= 4 is 21.6 Å². The maximum Gasteiger partial charge on any atom is 0.238 e. The van der Waals surface area contributed by atoms with Crippen LogP contribution in [-0.4, -0.2) is 19.4 Å². The van der Waals surface area contributed by atoms with Gasteiger partial charge in [-0.15, -0.1) is 0 Å². The Morgan fingerprint density at radius 2 is 2.07 bits per heavy atom. The predicted molar refractivity (Wildman–Crippen MR) is 53.8 cm³/mol. The molecule has 82 valence electrons. The summed E-state index contributed by atoms with van der Waals surface area (Å²) in [5.74, 6) is -0.644. The normalized spacial score (nSPS) is 11.1. The molecule has 0 saturated heterocycles. The van der Waals surface area contributed by atoms with Gasteiger partial charge in [-0.3, -0.25) is 4.79 Å². The molecular formula is C8H10N2O4S. The second-order valence-electron chi connectivity index (χ2n) is 2.91. The van der Waals surface area contributed by atoms with E-state index in [1.165, 1.54) is 6.92 Å². The van der Waals surface area contributed by atoms with Crippen LogP contribution in [0.3, 0.4) is 0 Å². The number of benzene rings is 1. The van der Waals surface area contributed by atoms with Gasteiger partial charge in [-0.2, -0.15) is 0 Å². The predicted octanol–water partition coefficient (Wildman–Crippen LogP) is -0.00200.